The van der Waals surface area contributed by atoms with Gasteiger partial charge in [0.25, 0.3) is 0 Å². The zero-order chi connectivity index (χ0) is 14.5. The molecule has 3 N–H and O–H groups in total. The van der Waals surface area contributed by atoms with Crippen molar-refractivity contribution in [2.24, 2.45) is 17.6 Å². The molecule has 3 unspecified atom stereocenters. The van der Waals surface area contributed by atoms with Crippen molar-refractivity contribution in [3.63, 3.8) is 0 Å². The lowest BCUT2D eigenvalue weighted by molar-refractivity contribution is -0.123. The van der Waals surface area contributed by atoms with Crippen LogP contribution >= 0.6 is 0 Å². The van der Waals surface area contributed by atoms with Crippen molar-refractivity contribution in [2.75, 3.05) is 0 Å². The topological polar surface area (TPSA) is 55.1 Å². The number of benzene rings is 1. The van der Waals surface area contributed by atoms with Gasteiger partial charge in [0.2, 0.25) is 5.91 Å². The number of rotatable bonds is 5. The Labute approximate surface area is 121 Å². The van der Waals surface area contributed by atoms with Crippen LogP contribution in [0.3, 0.4) is 0 Å². The Kier molecular flexibility index (Phi) is 5.18. The van der Waals surface area contributed by atoms with Gasteiger partial charge in [0.05, 0.1) is 6.04 Å². The van der Waals surface area contributed by atoms with Crippen LogP contribution in [-0.4, -0.2) is 18.0 Å². The average Bonchev–Trinajstić information content (AvgIpc) is 2.80. The predicted octanol–water partition coefficient (Wildman–Crippen LogP) is 2.50. The molecule has 3 nitrogen and oxygen atoms in total. The minimum Gasteiger partial charge on any atom is -0.352 e. The molecule has 0 radical (unpaired) electrons. The number of nitrogens with one attached hydrogen (secondary N) is 1. The van der Waals surface area contributed by atoms with Gasteiger partial charge in [0, 0.05) is 6.04 Å². The predicted molar refractivity (Wildman–Crippen MR) is 82.2 cm³/mol. The zero-order valence-electron chi connectivity index (χ0n) is 12.5. The molecule has 0 aromatic heterocycles. The second kappa shape index (κ2) is 6.89. The number of amides is 1. The summed E-state index contributed by atoms with van der Waals surface area (Å²) in [7, 11) is 0. The highest BCUT2D eigenvalue weighted by atomic mass is 16.2. The van der Waals surface area contributed by atoms with Crippen LogP contribution in [0.5, 0.6) is 0 Å². The van der Waals surface area contributed by atoms with E-state index in [4.69, 9.17) is 5.73 Å². The third-order valence-corrected chi connectivity index (χ3v) is 4.71. The molecule has 0 bridgehead atoms. The lowest BCUT2D eigenvalue weighted by Gasteiger charge is -2.22. The van der Waals surface area contributed by atoms with Crippen LogP contribution in [0.4, 0.5) is 0 Å². The van der Waals surface area contributed by atoms with Crippen molar-refractivity contribution < 1.29 is 4.79 Å². The number of nitrogens with two attached hydrogens (primary N) is 1. The number of carbonyl (C=O) groups is 1. The summed E-state index contributed by atoms with van der Waals surface area (Å²) in [4.78, 5) is 12.2. The van der Waals surface area contributed by atoms with E-state index in [9.17, 15) is 4.79 Å². The maximum absolute atomic E-state index is 12.2. The van der Waals surface area contributed by atoms with E-state index < -0.39 is 6.04 Å². The Balaban J connectivity index is 1.86. The second-order valence-electron chi connectivity index (χ2n) is 6.02. The number of carbonyl (C=O) groups excluding carboxylic acids is 1. The van der Waals surface area contributed by atoms with Crippen LogP contribution in [0.2, 0.25) is 0 Å². The highest BCUT2D eigenvalue weighted by Crippen LogP contribution is 2.33. The first-order valence-corrected chi connectivity index (χ1v) is 7.71. The van der Waals surface area contributed by atoms with Crippen molar-refractivity contribution in [2.45, 2.75) is 51.6 Å². The van der Waals surface area contributed by atoms with Crippen molar-refractivity contribution in [1.82, 2.24) is 5.32 Å². The van der Waals surface area contributed by atoms with E-state index in [0.717, 1.165) is 17.9 Å². The summed E-state index contributed by atoms with van der Waals surface area (Å²) in [5.74, 6) is 1.29. The third-order valence-electron chi connectivity index (χ3n) is 4.71. The maximum atomic E-state index is 12.2. The van der Waals surface area contributed by atoms with Crippen LogP contribution in [0.1, 0.15) is 38.7 Å². The Hall–Kier alpha value is -1.35. The zero-order valence-corrected chi connectivity index (χ0v) is 12.5. The molecule has 0 saturated heterocycles. The smallest absolute Gasteiger partial charge is 0.237 e. The summed E-state index contributed by atoms with van der Waals surface area (Å²) >= 11 is 0. The molecule has 0 aliphatic heterocycles. The highest BCUT2D eigenvalue weighted by Gasteiger charge is 2.33. The summed E-state index contributed by atoms with van der Waals surface area (Å²) in [5, 5.41) is 3.15. The van der Waals surface area contributed by atoms with E-state index in [1.807, 2.05) is 30.3 Å². The van der Waals surface area contributed by atoms with E-state index in [1.54, 1.807) is 0 Å². The molecule has 2 rings (SSSR count). The Morgan fingerprint density at radius 2 is 2.05 bits per heavy atom. The Morgan fingerprint density at radius 3 is 2.65 bits per heavy atom. The number of hydrogen-bond acceptors (Lipinski definition) is 2. The van der Waals surface area contributed by atoms with Gasteiger partial charge in [-0.1, -0.05) is 50.6 Å². The summed E-state index contributed by atoms with van der Waals surface area (Å²) in [6.45, 7) is 4.47. The van der Waals surface area contributed by atoms with E-state index >= 15 is 0 Å². The molecule has 1 saturated carbocycles. The lowest BCUT2D eigenvalue weighted by atomic mass is 9.93. The quantitative estimate of drug-likeness (QED) is 0.866. The molecule has 1 fully saturated rings. The van der Waals surface area contributed by atoms with Crippen LogP contribution in [0.15, 0.2) is 30.3 Å². The van der Waals surface area contributed by atoms with E-state index in [-0.39, 0.29) is 5.91 Å². The van der Waals surface area contributed by atoms with Crippen LogP contribution < -0.4 is 11.1 Å². The van der Waals surface area contributed by atoms with Crippen LogP contribution in [0.25, 0.3) is 0 Å². The van der Waals surface area contributed by atoms with Gasteiger partial charge in [-0.15, -0.1) is 0 Å². The van der Waals surface area contributed by atoms with Crippen molar-refractivity contribution >= 4 is 5.91 Å². The van der Waals surface area contributed by atoms with Gasteiger partial charge >= 0.3 is 0 Å². The van der Waals surface area contributed by atoms with E-state index in [0.29, 0.717) is 18.4 Å². The highest BCUT2D eigenvalue weighted by molar-refractivity contribution is 5.82. The molecule has 1 aromatic carbocycles. The molecule has 0 spiro atoms. The molecule has 1 aliphatic rings. The molecule has 0 heterocycles. The van der Waals surface area contributed by atoms with Gasteiger partial charge in [-0.2, -0.15) is 0 Å². The number of hydrogen-bond donors (Lipinski definition) is 2. The first kappa shape index (κ1) is 15.0. The molecule has 20 heavy (non-hydrogen) atoms. The first-order chi connectivity index (χ1) is 9.61. The van der Waals surface area contributed by atoms with Gasteiger partial charge in [-0.05, 0) is 36.7 Å². The first-order valence-electron chi connectivity index (χ1n) is 7.71. The van der Waals surface area contributed by atoms with Crippen molar-refractivity contribution in [3.05, 3.63) is 35.9 Å². The van der Waals surface area contributed by atoms with Crippen LogP contribution in [0, 0.1) is 11.8 Å². The minimum absolute atomic E-state index is 0.0116. The lowest BCUT2D eigenvalue weighted by Crippen LogP contribution is -2.47. The van der Waals surface area contributed by atoms with Crippen molar-refractivity contribution in [1.29, 1.82) is 0 Å². The second-order valence-corrected chi connectivity index (χ2v) is 6.02. The van der Waals surface area contributed by atoms with Crippen molar-refractivity contribution in [3.8, 4) is 0 Å². The summed E-state index contributed by atoms with van der Waals surface area (Å²) in [6.07, 6.45) is 4.11. The summed E-state index contributed by atoms with van der Waals surface area (Å²) < 4.78 is 0. The van der Waals surface area contributed by atoms with Gasteiger partial charge < -0.3 is 11.1 Å². The fourth-order valence-electron chi connectivity index (χ4n) is 3.28. The molecule has 3 heteroatoms. The average molecular weight is 274 g/mol. The molecular weight excluding hydrogens is 248 g/mol. The Morgan fingerprint density at radius 1 is 1.35 bits per heavy atom. The van der Waals surface area contributed by atoms with Gasteiger partial charge in [-0.3, -0.25) is 4.79 Å². The van der Waals surface area contributed by atoms with Gasteiger partial charge in [0.1, 0.15) is 0 Å². The summed E-state index contributed by atoms with van der Waals surface area (Å²) in [5.41, 5.74) is 7.14. The van der Waals surface area contributed by atoms with E-state index in [2.05, 4.69) is 19.2 Å². The SMILES string of the molecule is CCC1CCC(NC(=O)[C@H](N)Cc2ccccc2)C1C. The third kappa shape index (κ3) is 3.60. The molecule has 1 aliphatic carbocycles. The van der Waals surface area contributed by atoms with Crippen LogP contribution in [-0.2, 0) is 11.2 Å². The van der Waals surface area contributed by atoms with Gasteiger partial charge in [0.15, 0.2) is 0 Å². The minimum atomic E-state index is -0.453. The summed E-state index contributed by atoms with van der Waals surface area (Å²) in [6, 6.07) is 9.80. The molecular formula is C17H26N2O. The molecule has 4 atom stereocenters. The molecule has 1 amide bonds. The maximum Gasteiger partial charge on any atom is 0.237 e. The van der Waals surface area contributed by atoms with E-state index in [1.165, 1.54) is 12.8 Å². The van der Waals surface area contributed by atoms with Gasteiger partial charge in [-0.25, -0.2) is 0 Å². The monoisotopic (exact) mass is 274 g/mol. The normalized spacial score (nSPS) is 27.2. The standard InChI is InChI=1S/C17H26N2O/c1-3-14-9-10-16(12(14)2)19-17(20)15(18)11-13-7-5-4-6-8-13/h4-8,12,14-16H,3,9-11,18H2,1-2H3,(H,19,20)/t12?,14?,15-,16?/m1/s1. The Bertz CT molecular complexity index is 432. The molecule has 110 valence electrons. The largest absolute Gasteiger partial charge is 0.352 e. The molecule has 1 aromatic rings. The fraction of sp³-hybridized carbons (Fsp3) is 0.588. The fourth-order valence-corrected chi connectivity index (χ4v) is 3.28.